The Morgan fingerprint density at radius 3 is 2.38 bits per heavy atom. The monoisotopic (exact) mass is 325 g/mol. The van der Waals surface area contributed by atoms with E-state index < -0.39 is 29.5 Å². The third kappa shape index (κ3) is 5.43. The number of carbonyl (C=O) groups excluding carboxylic acids is 1. The van der Waals surface area contributed by atoms with Gasteiger partial charge in [-0.25, -0.2) is 4.79 Å². The average molecular weight is 326 g/mol. The molecule has 118 valence electrons. The quantitative estimate of drug-likeness (QED) is 0.853. The summed E-state index contributed by atoms with van der Waals surface area (Å²) in [6, 6.07) is 3.29. The summed E-state index contributed by atoms with van der Waals surface area (Å²) in [5.41, 5.74) is -1.59. The number of ether oxygens (including phenoxy) is 1. The number of rotatable bonds is 2. The molecule has 0 unspecified atom stereocenters. The fourth-order valence-corrected chi connectivity index (χ4v) is 1.64. The second-order valence-electron chi connectivity index (χ2n) is 5.30. The van der Waals surface area contributed by atoms with Gasteiger partial charge in [0.2, 0.25) is 0 Å². The normalized spacial score (nSPS) is 13.7. The molecule has 0 aliphatic rings. The van der Waals surface area contributed by atoms with Gasteiger partial charge in [0, 0.05) is 10.6 Å². The van der Waals surface area contributed by atoms with Gasteiger partial charge >= 0.3 is 12.3 Å². The number of amides is 1. The predicted octanol–water partition coefficient (Wildman–Crippen LogP) is 4.28. The zero-order chi connectivity index (χ0) is 16.4. The van der Waals surface area contributed by atoms with Gasteiger partial charge in [-0.15, -0.1) is 0 Å². The molecule has 2 N–H and O–H groups in total. The van der Waals surface area contributed by atoms with Crippen LogP contribution in [-0.2, 0) is 4.74 Å². The van der Waals surface area contributed by atoms with Gasteiger partial charge in [-0.2, -0.15) is 13.2 Å². The third-order valence-corrected chi connectivity index (χ3v) is 2.49. The Labute approximate surface area is 124 Å². The van der Waals surface area contributed by atoms with Crippen LogP contribution in [0.1, 0.15) is 32.4 Å². The molecular weight excluding hydrogens is 311 g/mol. The SMILES string of the molecule is CC(C)(C)OC(=O)Nc1cc(Cl)ccc1[C@H](O)C(F)(F)F. The summed E-state index contributed by atoms with van der Waals surface area (Å²) in [5.74, 6) is 0. The van der Waals surface area contributed by atoms with Crippen LogP contribution in [0.5, 0.6) is 0 Å². The standard InChI is InChI=1S/C13H15ClF3NO3/c1-12(2,3)21-11(20)18-9-6-7(14)4-5-8(9)10(19)13(15,16)17/h4-6,10,19H,1-3H3,(H,18,20)/t10-/m0/s1. The minimum Gasteiger partial charge on any atom is -0.444 e. The summed E-state index contributed by atoms with van der Waals surface area (Å²) in [6.45, 7) is 4.82. The lowest BCUT2D eigenvalue weighted by molar-refractivity contribution is -0.206. The van der Waals surface area contributed by atoms with Crippen LogP contribution in [-0.4, -0.2) is 23.0 Å². The molecule has 0 fully saturated rings. The Balaban J connectivity index is 3.06. The molecule has 0 radical (unpaired) electrons. The Kier molecular flexibility index (Phi) is 5.11. The highest BCUT2D eigenvalue weighted by Crippen LogP contribution is 2.37. The van der Waals surface area contributed by atoms with Crippen LogP contribution in [0, 0.1) is 0 Å². The average Bonchev–Trinajstić information content (AvgIpc) is 2.24. The van der Waals surface area contributed by atoms with E-state index in [1.165, 1.54) is 6.07 Å². The molecule has 0 heterocycles. The Morgan fingerprint density at radius 2 is 1.90 bits per heavy atom. The molecule has 0 spiro atoms. The number of nitrogens with one attached hydrogen (secondary N) is 1. The third-order valence-electron chi connectivity index (χ3n) is 2.26. The van der Waals surface area contributed by atoms with Gasteiger partial charge < -0.3 is 9.84 Å². The second-order valence-corrected chi connectivity index (χ2v) is 5.74. The minimum absolute atomic E-state index is 0.110. The number of anilines is 1. The second kappa shape index (κ2) is 6.11. The van der Waals surface area contributed by atoms with Crippen LogP contribution in [0.3, 0.4) is 0 Å². The number of carbonyl (C=O) groups is 1. The van der Waals surface area contributed by atoms with Crippen LogP contribution in [0.15, 0.2) is 18.2 Å². The van der Waals surface area contributed by atoms with Gasteiger partial charge in [0.05, 0.1) is 5.69 Å². The Morgan fingerprint density at radius 1 is 1.33 bits per heavy atom. The van der Waals surface area contributed by atoms with E-state index in [0.717, 1.165) is 12.1 Å². The van der Waals surface area contributed by atoms with Crippen LogP contribution >= 0.6 is 11.6 Å². The zero-order valence-electron chi connectivity index (χ0n) is 11.6. The maximum atomic E-state index is 12.6. The van der Waals surface area contributed by atoms with E-state index in [4.69, 9.17) is 16.3 Å². The van der Waals surface area contributed by atoms with Gasteiger partial charge in [0.1, 0.15) is 5.60 Å². The highest BCUT2D eigenvalue weighted by atomic mass is 35.5. The van der Waals surface area contributed by atoms with Crippen molar-refractivity contribution in [1.29, 1.82) is 0 Å². The Bertz CT molecular complexity index is 526. The number of halogens is 4. The first-order chi connectivity index (χ1) is 9.40. The molecule has 1 amide bonds. The van der Waals surface area contributed by atoms with E-state index in [0.29, 0.717) is 0 Å². The first-order valence-corrected chi connectivity index (χ1v) is 6.32. The molecule has 0 aliphatic heterocycles. The van der Waals surface area contributed by atoms with Crippen molar-refractivity contribution < 1.29 is 27.8 Å². The number of benzene rings is 1. The number of hydrogen-bond acceptors (Lipinski definition) is 3. The molecule has 1 aromatic rings. The first-order valence-electron chi connectivity index (χ1n) is 5.94. The molecule has 0 saturated heterocycles. The van der Waals surface area contributed by atoms with Gasteiger partial charge in [0.25, 0.3) is 0 Å². The molecule has 1 aromatic carbocycles. The van der Waals surface area contributed by atoms with E-state index in [2.05, 4.69) is 5.32 Å². The van der Waals surface area contributed by atoms with Gasteiger partial charge in [-0.05, 0) is 32.9 Å². The molecule has 8 heteroatoms. The van der Waals surface area contributed by atoms with Crippen molar-refractivity contribution in [3.8, 4) is 0 Å². The lowest BCUT2D eigenvalue weighted by Crippen LogP contribution is -2.28. The topological polar surface area (TPSA) is 58.6 Å². The molecular formula is C13H15ClF3NO3. The molecule has 1 atom stereocenters. The predicted molar refractivity (Wildman–Crippen MR) is 72.3 cm³/mol. The van der Waals surface area contributed by atoms with Gasteiger partial charge in [-0.3, -0.25) is 5.32 Å². The summed E-state index contributed by atoms with van der Waals surface area (Å²) in [6.07, 6.45) is -8.54. The first kappa shape index (κ1) is 17.6. The van der Waals surface area contributed by atoms with Crippen molar-refractivity contribution in [2.24, 2.45) is 0 Å². The highest BCUT2D eigenvalue weighted by Gasteiger charge is 2.40. The number of alkyl halides is 3. The van der Waals surface area contributed by atoms with E-state index >= 15 is 0 Å². The van der Waals surface area contributed by atoms with Crippen molar-refractivity contribution in [2.45, 2.75) is 38.7 Å². The summed E-state index contributed by atoms with van der Waals surface area (Å²) in [4.78, 5) is 11.6. The smallest absolute Gasteiger partial charge is 0.418 e. The largest absolute Gasteiger partial charge is 0.444 e. The van der Waals surface area contributed by atoms with Gasteiger partial charge in [-0.1, -0.05) is 17.7 Å². The molecule has 21 heavy (non-hydrogen) atoms. The minimum atomic E-state index is -4.86. The summed E-state index contributed by atoms with van der Waals surface area (Å²) in [7, 11) is 0. The molecule has 1 rings (SSSR count). The van der Waals surface area contributed by atoms with Crippen molar-refractivity contribution in [3.05, 3.63) is 28.8 Å². The van der Waals surface area contributed by atoms with Gasteiger partial charge in [0.15, 0.2) is 6.10 Å². The maximum Gasteiger partial charge on any atom is 0.418 e. The zero-order valence-corrected chi connectivity index (χ0v) is 12.3. The fraction of sp³-hybridized carbons (Fsp3) is 0.462. The molecule has 0 bridgehead atoms. The molecule has 4 nitrogen and oxygen atoms in total. The van der Waals surface area contributed by atoms with E-state index in [9.17, 15) is 23.1 Å². The summed E-state index contributed by atoms with van der Waals surface area (Å²) < 4.78 is 42.7. The van der Waals surface area contributed by atoms with Crippen molar-refractivity contribution in [3.63, 3.8) is 0 Å². The van der Waals surface area contributed by atoms with Crippen molar-refractivity contribution in [1.82, 2.24) is 0 Å². The van der Waals surface area contributed by atoms with E-state index in [1.807, 2.05) is 0 Å². The van der Waals surface area contributed by atoms with Crippen molar-refractivity contribution >= 4 is 23.4 Å². The number of aliphatic hydroxyl groups is 1. The summed E-state index contributed by atoms with van der Waals surface area (Å²) in [5, 5.41) is 11.6. The van der Waals surface area contributed by atoms with Crippen LogP contribution in [0.2, 0.25) is 5.02 Å². The number of hydrogen-bond donors (Lipinski definition) is 2. The van der Waals surface area contributed by atoms with E-state index in [-0.39, 0.29) is 10.7 Å². The van der Waals surface area contributed by atoms with Crippen LogP contribution in [0.25, 0.3) is 0 Å². The lowest BCUT2D eigenvalue weighted by Gasteiger charge is -2.22. The highest BCUT2D eigenvalue weighted by molar-refractivity contribution is 6.31. The lowest BCUT2D eigenvalue weighted by atomic mass is 10.1. The fourth-order valence-electron chi connectivity index (χ4n) is 1.47. The van der Waals surface area contributed by atoms with Crippen molar-refractivity contribution in [2.75, 3.05) is 5.32 Å². The molecule has 0 saturated carbocycles. The summed E-state index contributed by atoms with van der Waals surface area (Å²) >= 11 is 5.70. The molecule has 0 aliphatic carbocycles. The number of aliphatic hydroxyl groups excluding tert-OH is 1. The van der Waals surface area contributed by atoms with Crippen LogP contribution in [0.4, 0.5) is 23.7 Å². The maximum absolute atomic E-state index is 12.6. The van der Waals surface area contributed by atoms with Crippen LogP contribution < -0.4 is 5.32 Å². The van der Waals surface area contributed by atoms with E-state index in [1.54, 1.807) is 20.8 Å². The molecule has 0 aromatic heterocycles. The Hall–Kier alpha value is -1.47.